The van der Waals surface area contributed by atoms with Crippen LogP contribution >= 0.6 is 11.3 Å². The number of pyridine rings is 1. The third-order valence-corrected chi connectivity index (χ3v) is 3.73. The van der Waals surface area contributed by atoms with Gasteiger partial charge in [0.2, 0.25) is 0 Å². The minimum atomic E-state index is -0.250. The highest BCUT2D eigenvalue weighted by molar-refractivity contribution is 7.14. The molecule has 1 aromatic carbocycles. The summed E-state index contributed by atoms with van der Waals surface area (Å²) in [5.74, 6) is -0.250. The number of thiazole rings is 1. The van der Waals surface area contributed by atoms with Crippen LogP contribution in [0.2, 0.25) is 0 Å². The van der Waals surface area contributed by atoms with E-state index < -0.39 is 0 Å². The van der Waals surface area contributed by atoms with Crippen LogP contribution in [0, 0.1) is 6.92 Å². The Balaban J connectivity index is 1.76. The Kier molecular flexibility index (Phi) is 3.75. The van der Waals surface area contributed by atoms with Gasteiger partial charge in [0, 0.05) is 17.1 Å². The molecule has 4 nitrogen and oxygen atoms in total. The van der Waals surface area contributed by atoms with Crippen molar-refractivity contribution in [2.45, 2.75) is 6.92 Å². The van der Waals surface area contributed by atoms with Crippen molar-refractivity contribution >= 4 is 22.4 Å². The first-order valence-electron chi connectivity index (χ1n) is 6.47. The van der Waals surface area contributed by atoms with E-state index in [9.17, 15) is 4.79 Å². The maximum absolute atomic E-state index is 12.0. The first-order valence-corrected chi connectivity index (χ1v) is 7.35. The van der Waals surface area contributed by atoms with Crippen molar-refractivity contribution in [2.24, 2.45) is 0 Å². The van der Waals surface area contributed by atoms with Gasteiger partial charge in [0.05, 0.1) is 5.69 Å². The molecule has 3 rings (SSSR count). The molecule has 21 heavy (non-hydrogen) atoms. The smallest absolute Gasteiger partial charge is 0.276 e. The number of nitrogens with zero attached hydrogens (tertiary/aromatic N) is 2. The highest BCUT2D eigenvalue weighted by Gasteiger charge is 2.10. The maximum Gasteiger partial charge on any atom is 0.276 e. The summed E-state index contributed by atoms with van der Waals surface area (Å²) in [7, 11) is 0. The molecule has 1 amide bonds. The van der Waals surface area contributed by atoms with Crippen LogP contribution in [0.4, 0.5) is 5.13 Å². The van der Waals surface area contributed by atoms with E-state index in [4.69, 9.17) is 0 Å². The lowest BCUT2D eigenvalue weighted by Gasteiger charge is -2.00. The molecular weight excluding hydrogens is 282 g/mol. The van der Waals surface area contributed by atoms with Crippen molar-refractivity contribution in [3.8, 4) is 11.3 Å². The molecule has 2 aromatic heterocycles. The molecule has 0 bridgehead atoms. The Bertz CT molecular complexity index is 751. The number of rotatable bonds is 3. The molecule has 0 aliphatic carbocycles. The highest BCUT2D eigenvalue weighted by Crippen LogP contribution is 2.25. The molecule has 0 fully saturated rings. The van der Waals surface area contributed by atoms with Crippen molar-refractivity contribution in [2.75, 3.05) is 5.32 Å². The number of carbonyl (C=O) groups excluding carboxylic acids is 1. The van der Waals surface area contributed by atoms with Crippen LogP contribution in [0.1, 0.15) is 16.1 Å². The monoisotopic (exact) mass is 295 g/mol. The number of anilines is 1. The molecule has 0 unspecified atom stereocenters. The van der Waals surface area contributed by atoms with Crippen molar-refractivity contribution in [1.29, 1.82) is 0 Å². The third-order valence-electron chi connectivity index (χ3n) is 2.97. The van der Waals surface area contributed by atoms with Crippen LogP contribution in [-0.2, 0) is 0 Å². The van der Waals surface area contributed by atoms with Gasteiger partial charge >= 0.3 is 0 Å². The minimum Gasteiger partial charge on any atom is -0.296 e. The van der Waals surface area contributed by atoms with Gasteiger partial charge in [0.1, 0.15) is 5.69 Å². The number of carbonyl (C=O) groups is 1. The van der Waals surface area contributed by atoms with E-state index in [2.05, 4.69) is 15.3 Å². The lowest BCUT2D eigenvalue weighted by Crippen LogP contribution is -2.13. The molecule has 0 atom stereocenters. The fraction of sp³-hybridized carbons (Fsp3) is 0.0625. The number of hydrogen-bond donors (Lipinski definition) is 1. The summed E-state index contributed by atoms with van der Waals surface area (Å²) in [6, 6.07) is 13.4. The molecule has 5 heteroatoms. The zero-order valence-corrected chi connectivity index (χ0v) is 12.2. The second-order valence-corrected chi connectivity index (χ2v) is 5.43. The van der Waals surface area contributed by atoms with E-state index in [1.807, 2.05) is 36.6 Å². The summed E-state index contributed by atoms with van der Waals surface area (Å²) in [4.78, 5) is 20.4. The first kappa shape index (κ1) is 13.5. The molecule has 1 N–H and O–H groups in total. The second-order valence-electron chi connectivity index (χ2n) is 4.57. The van der Waals surface area contributed by atoms with Gasteiger partial charge in [0.15, 0.2) is 5.13 Å². The number of nitrogens with one attached hydrogen (secondary N) is 1. The largest absolute Gasteiger partial charge is 0.296 e. The van der Waals surface area contributed by atoms with Gasteiger partial charge in [-0.1, -0.05) is 35.9 Å². The molecule has 2 heterocycles. The van der Waals surface area contributed by atoms with Crippen LogP contribution in [-0.4, -0.2) is 15.9 Å². The molecule has 0 spiro atoms. The Labute approximate surface area is 126 Å². The maximum atomic E-state index is 12.0. The Morgan fingerprint density at radius 1 is 1.14 bits per heavy atom. The minimum absolute atomic E-state index is 0.250. The summed E-state index contributed by atoms with van der Waals surface area (Å²) in [6.07, 6.45) is 1.59. The van der Waals surface area contributed by atoms with Gasteiger partial charge in [-0.2, -0.15) is 0 Å². The van der Waals surface area contributed by atoms with Gasteiger partial charge in [-0.3, -0.25) is 15.1 Å². The molecule has 0 saturated carbocycles. The fourth-order valence-corrected chi connectivity index (χ4v) is 2.56. The Morgan fingerprint density at radius 3 is 2.67 bits per heavy atom. The zero-order chi connectivity index (χ0) is 14.7. The van der Waals surface area contributed by atoms with E-state index in [1.165, 1.54) is 16.9 Å². The van der Waals surface area contributed by atoms with E-state index in [0.717, 1.165) is 11.3 Å². The molecule has 0 saturated heterocycles. The molecule has 104 valence electrons. The molecule has 0 radical (unpaired) electrons. The summed E-state index contributed by atoms with van der Waals surface area (Å²) in [5, 5.41) is 5.27. The number of aryl methyl sites for hydroxylation is 1. The van der Waals surface area contributed by atoms with Crippen molar-refractivity contribution in [3.05, 3.63) is 65.3 Å². The van der Waals surface area contributed by atoms with Crippen molar-refractivity contribution in [3.63, 3.8) is 0 Å². The quantitative estimate of drug-likeness (QED) is 0.800. The van der Waals surface area contributed by atoms with Crippen molar-refractivity contribution < 1.29 is 4.79 Å². The highest BCUT2D eigenvalue weighted by atomic mass is 32.1. The lowest BCUT2D eigenvalue weighted by molar-refractivity contribution is 0.102. The van der Waals surface area contributed by atoms with Crippen LogP contribution in [0.15, 0.2) is 54.0 Å². The van der Waals surface area contributed by atoms with Crippen molar-refractivity contribution in [1.82, 2.24) is 9.97 Å². The predicted molar refractivity (Wildman–Crippen MR) is 84.5 cm³/mol. The fourth-order valence-electron chi connectivity index (χ4n) is 1.85. The summed E-state index contributed by atoms with van der Waals surface area (Å²) in [6.45, 7) is 2.04. The predicted octanol–water partition coefficient (Wildman–Crippen LogP) is 3.77. The molecule has 0 aliphatic rings. The van der Waals surface area contributed by atoms with Gasteiger partial charge in [-0.05, 0) is 19.1 Å². The number of hydrogen-bond acceptors (Lipinski definition) is 4. The molecular formula is C16H13N3OS. The third kappa shape index (κ3) is 3.14. The molecule has 0 aliphatic heterocycles. The van der Waals surface area contributed by atoms with Crippen LogP contribution in [0.5, 0.6) is 0 Å². The summed E-state index contributed by atoms with van der Waals surface area (Å²) >= 11 is 1.40. The zero-order valence-electron chi connectivity index (χ0n) is 11.4. The number of amides is 1. The second kappa shape index (κ2) is 5.85. The standard InChI is InChI=1S/C16H13N3OS/c1-11-5-7-12(8-6-11)14-10-21-16(18-14)19-15(20)13-4-2-3-9-17-13/h2-10H,1H3,(H,18,19,20). The Morgan fingerprint density at radius 2 is 1.95 bits per heavy atom. The van der Waals surface area contributed by atoms with E-state index in [1.54, 1.807) is 24.4 Å². The number of benzene rings is 1. The number of aromatic nitrogens is 2. The van der Waals surface area contributed by atoms with Gasteiger partial charge in [-0.15, -0.1) is 11.3 Å². The summed E-state index contributed by atoms with van der Waals surface area (Å²) < 4.78 is 0. The van der Waals surface area contributed by atoms with E-state index >= 15 is 0 Å². The van der Waals surface area contributed by atoms with Crippen LogP contribution in [0.3, 0.4) is 0 Å². The average molecular weight is 295 g/mol. The van der Waals surface area contributed by atoms with Crippen LogP contribution in [0.25, 0.3) is 11.3 Å². The molecule has 3 aromatic rings. The normalized spacial score (nSPS) is 10.3. The van der Waals surface area contributed by atoms with Gasteiger partial charge in [0.25, 0.3) is 5.91 Å². The van der Waals surface area contributed by atoms with Crippen LogP contribution < -0.4 is 5.32 Å². The lowest BCUT2D eigenvalue weighted by atomic mass is 10.1. The topological polar surface area (TPSA) is 54.9 Å². The SMILES string of the molecule is Cc1ccc(-c2csc(NC(=O)c3ccccn3)n2)cc1. The van der Waals surface area contributed by atoms with E-state index in [0.29, 0.717) is 10.8 Å². The van der Waals surface area contributed by atoms with Gasteiger partial charge in [-0.25, -0.2) is 4.98 Å². The average Bonchev–Trinajstić information content (AvgIpc) is 2.97. The summed E-state index contributed by atoms with van der Waals surface area (Å²) in [5.41, 5.74) is 3.48. The first-order chi connectivity index (χ1) is 10.2. The Hall–Kier alpha value is -2.53. The van der Waals surface area contributed by atoms with Gasteiger partial charge < -0.3 is 0 Å². The van der Waals surface area contributed by atoms with E-state index in [-0.39, 0.29) is 5.91 Å².